The maximum Gasteiger partial charge on any atom is 0.333 e. The first kappa shape index (κ1) is 24.5. The van der Waals surface area contributed by atoms with Crippen LogP contribution in [0.3, 0.4) is 0 Å². The van der Waals surface area contributed by atoms with Crippen molar-refractivity contribution in [1.29, 1.82) is 0 Å². The highest BCUT2D eigenvalue weighted by atomic mass is 17.3. The van der Waals surface area contributed by atoms with Crippen LogP contribution in [0.4, 0.5) is 0 Å². The van der Waals surface area contributed by atoms with E-state index in [4.69, 9.17) is 29.0 Å². The molecule has 0 N–H and O–H groups in total. The lowest BCUT2D eigenvalue weighted by Crippen LogP contribution is -2.40. The summed E-state index contributed by atoms with van der Waals surface area (Å²) in [4.78, 5) is 44.4. The summed E-state index contributed by atoms with van der Waals surface area (Å²) in [6.45, 7) is 17.0. The lowest BCUT2D eigenvalue weighted by Gasteiger charge is -2.32. The molecule has 0 heterocycles. The summed E-state index contributed by atoms with van der Waals surface area (Å²) in [5, 5.41) is 0. The number of carbonyl (C=O) groups is 2. The average Bonchev–Trinajstić information content (AvgIpc) is 2.46. The second-order valence-corrected chi connectivity index (χ2v) is 8.01. The summed E-state index contributed by atoms with van der Waals surface area (Å²) in [6, 6.07) is 0. The number of esters is 2. The molecule has 0 atom stereocenters. The van der Waals surface area contributed by atoms with E-state index in [0.717, 1.165) is 0 Å². The van der Waals surface area contributed by atoms with Gasteiger partial charge in [-0.15, -0.1) is 0 Å². The summed E-state index contributed by atoms with van der Waals surface area (Å²) < 4.78 is 9.86. The van der Waals surface area contributed by atoms with E-state index in [0.29, 0.717) is 0 Å². The molecule has 0 aromatic rings. The van der Waals surface area contributed by atoms with Gasteiger partial charge in [0.25, 0.3) is 0 Å². The molecule has 0 rings (SSSR count). The third kappa shape index (κ3) is 12.8. The number of carbonyl (C=O) groups excluding carboxylic acids is 2. The van der Waals surface area contributed by atoms with Gasteiger partial charge in [0, 0.05) is 5.57 Å². The fourth-order valence-electron chi connectivity index (χ4n) is 1.23. The van der Waals surface area contributed by atoms with Gasteiger partial charge >= 0.3 is 11.9 Å². The first-order valence-electron chi connectivity index (χ1n) is 8.35. The molecule has 0 aliphatic rings. The largest absolute Gasteiger partial charge is 0.462 e. The summed E-state index contributed by atoms with van der Waals surface area (Å²) in [6.07, 6.45) is -0.298. The zero-order chi connectivity index (χ0) is 20.6. The second kappa shape index (κ2) is 10.0. The minimum absolute atomic E-state index is 0.0765. The maximum absolute atomic E-state index is 12.0. The van der Waals surface area contributed by atoms with Crippen molar-refractivity contribution in [3.63, 3.8) is 0 Å². The lowest BCUT2D eigenvalue weighted by atomic mass is 10.2. The van der Waals surface area contributed by atoms with Crippen molar-refractivity contribution in [2.24, 2.45) is 0 Å². The highest BCUT2D eigenvalue weighted by Crippen LogP contribution is 2.25. The Morgan fingerprint density at radius 1 is 0.769 bits per heavy atom. The number of hydrogen-bond acceptors (Lipinski definition) is 8. The van der Waals surface area contributed by atoms with Crippen molar-refractivity contribution in [1.82, 2.24) is 0 Å². The van der Waals surface area contributed by atoms with Crippen LogP contribution in [0.1, 0.15) is 61.8 Å². The summed E-state index contributed by atoms with van der Waals surface area (Å²) in [7, 11) is 0. The molecular formula is C18H32O8. The molecule has 0 aromatic heterocycles. The Morgan fingerprint density at radius 3 is 1.58 bits per heavy atom. The zero-order valence-electron chi connectivity index (χ0n) is 17.1. The van der Waals surface area contributed by atoms with Gasteiger partial charge in [0.15, 0.2) is 0 Å². The van der Waals surface area contributed by atoms with Crippen molar-refractivity contribution in [2.75, 3.05) is 13.2 Å². The molecule has 0 aliphatic heterocycles. The van der Waals surface area contributed by atoms with Crippen LogP contribution in [0, 0.1) is 0 Å². The van der Waals surface area contributed by atoms with Crippen LogP contribution in [0.25, 0.3) is 0 Å². The first-order chi connectivity index (χ1) is 11.6. The van der Waals surface area contributed by atoms with Gasteiger partial charge in [-0.05, 0) is 55.4 Å². The van der Waals surface area contributed by atoms with Gasteiger partial charge < -0.3 is 9.47 Å². The van der Waals surface area contributed by atoms with Gasteiger partial charge in [-0.25, -0.2) is 14.6 Å². The average molecular weight is 376 g/mol. The van der Waals surface area contributed by atoms with Crippen LogP contribution < -0.4 is 0 Å². The Morgan fingerprint density at radius 2 is 1.19 bits per heavy atom. The maximum atomic E-state index is 12.0. The predicted molar refractivity (Wildman–Crippen MR) is 93.6 cm³/mol. The second-order valence-electron chi connectivity index (χ2n) is 8.01. The van der Waals surface area contributed by atoms with Crippen LogP contribution >= 0.6 is 0 Å². The van der Waals surface area contributed by atoms with Crippen LogP contribution in [0.2, 0.25) is 0 Å². The highest BCUT2D eigenvalue weighted by Gasteiger charge is 2.37. The van der Waals surface area contributed by atoms with Crippen molar-refractivity contribution in [3.05, 3.63) is 12.2 Å². The standard InChI is InChI=1S/C18H32O8/c1-13(2)15(20)22-11-10-21-14(19)12-18(9,25-23-16(3,4)5)26-24-17(6,7)8/h1,10-12H2,2-9H3. The summed E-state index contributed by atoms with van der Waals surface area (Å²) in [5.74, 6) is -2.70. The Hall–Kier alpha value is -1.48. The third-order valence-electron chi connectivity index (χ3n) is 2.33. The Kier molecular flexibility index (Phi) is 9.44. The molecule has 0 unspecified atom stereocenters. The van der Waals surface area contributed by atoms with E-state index in [1.807, 2.05) is 0 Å². The summed E-state index contributed by atoms with van der Waals surface area (Å²) in [5.41, 5.74) is -0.968. The van der Waals surface area contributed by atoms with E-state index in [1.165, 1.54) is 13.8 Å². The van der Waals surface area contributed by atoms with E-state index >= 15 is 0 Å². The Balaban J connectivity index is 4.61. The van der Waals surface area contributed by atoms with Crippen molar-refractivity contribution < 1.29 is 38.6 Å². The van der Waals surface area contributed by atoms with E-state index in [2.05, 4.69) is 6.58 Å². The molecule has 152 valence electrons. The molecule has 0 aliphatic carbocycles. The summed E-state index contributed by atoms with van der Waals surface area (Å²) >= 11 is 0. The van der Waals surface area contributed by atoms with Gasteiger partial charge in [0.2, 0.25) is 5.79 Å². The molecule has 0 radical (unpaired) electrons. The molecule has 0 aromatic carbocycles. The lowest BCUT2D eigenvalue weighted by molar-refractivity contribution is -0.535. The molecule has 8 nitrogen and oxygen atoms in total. The Labute approximate surface area is 155 Å². The number of hydrogen-bond donors (Lipinski definition) is 0. The van der Waals surface area contributed by atoms with Crippen molar-refractivity contribution in [3.8, 4) is 0 Å². The topological polar surface area (TPSA) is 89.5 Å². The minimum Gasteiger partial charge on any atom is -0.462 e. The quantitative estimate of drug-likeness (QED) is 0.143. The van der Waals surface area contributed by atoms with E-state index < -0.39 is 28.9 Å². The highest BCUT2D eigenvalue weighted by molar-refractivity contribution is 5.86. The molecule has 0 fully saturated rings. The van der Waals surface area contributed by atoms with Crippen LogP contribution in [0.15, 0.2) is 12.2 Å². The first-order valence-corrected chi connectivity index (χ1v) is 8.35. The minimum atomic E-state index is -1.52. The molecule has 0 bridgehead atoms. The van der Waals surface area contributed by atoms with Gasteiger partial charge in [-0.2, -0.15) is 9.78 Å². The molecule has 0 saturated carbocycles. The van der Waals surface area contributed by atoms with Gasteiger partial charge in [-0.3, -0.25) is 4.79 Å². The van der Waals surface area contributed by atoms with Gasteiger partial charge in [-0.1, -0.05) is 6.58 Å². The van der Waals surface area contributed by atoms with Crippen LogP contribution in [0.5, 0.6) is 0 Å². The van der Waals surface area contributed by atoms with Gasteiger partial charge in [0.05, 0.1) is 11.2 Å². The SMILES string of the molecule is C=C(C)C(=O)OCCOC(=O)CC(C)(OOC(C)(C)C)OOC(C)(C)C. The van der Waals surface area contributed by atoms with E-state index in [-0.39, 0.29) is 25.2 Å². The number of rotatable bonds is 10. The Bertz CT molecular complexity index is 466. The normalized spacial score (nSPS) is 12.6. The van der Waals surface area contributed by atoms with Crippen LogP contribution in [-0.4, -0.2) is 42.1 Å². The number of ether oxygens (including phenoxy) is 2. The fourth-order valence-corrected chi connectivity index (χ4v) is 1.23. The zero-order valence-corrected chi connectivity index (χ0v) is 17.1. The monoisotopic (exact) mass is 376 g/mol. The smallest absolute Gasteiger partial charge is 0.333 e. The van der Waals surface area contributed by atoms with Crippen LogP contribution in [-0.2, 0) is 38.6 Å². The molecule has 8 heteroatoms. The van der Waals surface area contributed by atoms with Crippen molar-refractivity contribution in [2.45, 2.75) is 78.8 Å². The third-order valence-corrected chi connectivity index (χ3v) is 2.33. The molecule has 0 amide bonds. The fraction of sp³-hybridized carbons (Fsp3) is 0.778. The van der Waals surface area contributed by atoms with E-state index in [1.54, 1.807) is 41.5 Å². The van der Waals surface area contributed by atoms with E-state index in [9.17, 15) is 9.59 Å². The van der Waals surface area contributed by atoms with Gasteiger partial charge in [0.1, 0.15) is 19.6 Å². The van der Waals surface area contributed by atoms with Crippen molar-refractivity contribution >= 4 is 11.9 Å². The molecule has 0 saturated heterocycles. The molecule has 26 heavy (non-hydrogen) atoms. The molecular weight excluding hydrogens is 344 g/mol. The molecule has 0 spiro atoms. The predicted octanol–water partition coefficient (Wildman–Crippen LogP) is 3.25.